The Hall–Kier alpha value is -2.91. The van der Waals surface area contributed by atoms with Crippen LogP contribution in [0.4, 0.5) is 5.69 Å². The van der Waals surface area contributed by atoms with Crippen molar-refractivity contribution in [3.05, 3.63) is 82.4 Å². The zero-order valence-corrected chi connectivity index (χ0v) is 16.9. The van der Waals surface area contributed by atoms with Crippen LogP contribution in [0.15, 0.2) is 76.6 Å². The quantitative estimate of drug-likeness (QED) is 0.452. The molecule has 1 heterocycles. The second kappa shape index (κ2) is 7.84. The lowest BCUT2D eigenvalue weighted by molar-refractivity contribution is -0.384. The van der Waals surface area contributed by atoms with E-state index in [2.05, 4.69) is 4.99 Å². The Balaban J connectivity index is 1.55. The Morgan fingerprint density at radius 1 is 1.03 bits per heavy atom. The molecule has 0 unspecified atom stereocenters. The van der Waals surface area contributed by atoms with Gasteiger partial charge in [-0.05, 0) is 28.5 Å². The molecule has 0 bridgehead atoms. The summed E-state index contributed by atoms with van der Waals surface area (Å²) in [7, 11) is -3.82. The first-order valence-corrected chi connectivity index (χ1v) is 11.3. The number of nitrogens with zero attached hydrogens (tertiary/aromatic N) is 3. The second-order valence-electron chi connectivity index (χ2n) is 6.42. The first-order chi connectivity index (χ1) is 14.0. The Kier molecular flexibility index (Phi) is 5.25. The van der Waals surface area contributed by atoms with Gasteiger partial charge in [0.1, 0.15) is 0 Å². The highest BCUT2D eigenvalue weighted by Crippen LogP contribution is 2.29. The molecule has 29 heavy (non-hydrogen) atoms. The van der Waals surface area contributed by atoms with Gasteiger partial charge in [-0.15, -0.1) is 0 Å². The first-order valence-electron chi connectivity index (χ1n) is 8.88. The molecule has 148 valence electrons. The van der Waals surface area contributed by atoms with E-state index in [1.807, 2.05) is 42.5 Å². The van der Waals surface area contributed by atoms with Crippen LogP contribution in [-0.2, 0) is 15.8 Å². The fourth-order valence-electron chi connectivity index (χ4n) is 3.18. The minimum absolute atomic E-state index is 0.0171. The van der Waals surface area contributed by atoms with E-state index in [-0.39, 0.29) is 17.1 Å². The van der Waals surface area contributed by atoms with E-state index < -0.39 is 14.9 Å². The number of rotatable bonds is 5. The molecule has 0 aliphatic carbocycles. The minimum Gasteiger partial charge on any atom is -0.260 e. The average Bonchev–Trinajstić information content (AvgIpc) is 3.22. The number of fused-ring (bicyclic) bond motifs is 1. The molecule has 0 atom stereocenters. The smallest absolute Gasteiger partial charge is 0.260 e. The van der Waals surface area contributed by atoms with E-state index in [1.165, 1.54) is 40.3 Å². The number of hydrogen-bond donors (Lipinski definition) is 0. The van der Waals surface area contributed by atoms with Gasteiger partial charge in [-0.25, -0.2) is 12.7 Å². The highest BCUT2D eigenvalue weighted by atomic mass is 32.2. The molecule has 0 N–H and O–H groups in total. The summed E-state index contributed by atoms with van der Waals surface area (Å²) in [4.78, 5) is 14.6. The molecule has 7 nitrogen and oxygen atoms in total. The van der Waals surface area contributed by atoms with Crippen molar-refractivity contribution < 1.29 is 13.3 Å². The van der Waals surface area contributed by atoms with Gasteiger partial charge in [-0.3, -0.25) is 15.1 Å². The molecule has 4 rings (SSSR count). The molecular weight excluding hydrogens is 410 g/mol. The van der Waals surface area contributed by atoms with Gasteiger partial charge in [0.15, 0.2) is 5.17 Å². The van der Waals surface area contributed by atoms with E-state index in [9.17, 15) is 18.5 Å². The fraction of sp³-hybridized carbons (Fsp3) is 0.150. The van der Waals surface area contributed by atoms with Gasteiger partial charge in [-0.2, -0.15) is 0 Å². The number of hydrogen-bond acceptors (Lipinski definition) is 6. The Labute approximate surface area is 172 Å². The summed E-state index contributed by atoms with van der Waals surface area (Å²) >= 11 is 1.38. The van der Waals surface area contributed by atoms with Crippen molar-refractivity contribution in [2.75, 3.05) is 13.1 Å². The van der Waals surface area contributed by atoms with Crippen LogP contribution in [0.2, 0.25) is 0 Å². The predicted octanol–water partition coefficient (Wildman–Crippen LogP) is 4.04. The number of aliphatic imine (C=N–C) groups is 1. The highest BCUT2D eigenvalue weighted by molar-refractivity contribution is 8.14. The number of benzene rings is 3. The van der Waals surface area contributed by atoms with Crippen molar-refractivity contribution in [2.24, 2.45) is 4.99 Å². The lowest BCUT2D eigenvalue weighted by Crippen LogP contribution is -2.32. The van der Waals surface area contributed by atoms with Crippen LogP contribution in [0.3, 0.4) is 0 Å². The van der Waals surface area contributed by atoms with Crippen molar-refractivity contribution in [2.45, 2.75) is 10.6 Å². The second-order valence-corrected chi connectivity index (χ2v) is 9.22. The number of thioether (sulfide) groups is 1. The van der Waals surface area contributed by atoms with Crippen LogP contribution in [0.1, 0.15) is 5.56 Å². The van der Waals surface area contributed by atoms with E-state index in [0.29, 0.717) is 17.5 Å². The van der Waals surface area contributed by atoms with E-state index in [0.717, 1.165) is 16.3 Å². The fourth-order valence-corrected chi connectivity index (χ4v) is 5.91. The molecule has 3 aromatic carbocycles. The molecule has 3 aromatic rings. The summed E-state index contributed by atoms with van der Waals surface area (Å²) in [5, 5.41) is 13.5. The number of sulfonamides is 1. The number of nitro groups is 1. The molecule has 1 aliphatic heterocycles. The summed E-state index contributed by atoms with van der Waals surface area (Å²) in [6, 6.07) is 19.0. The number of amidine groups is 1. The van der Waals surface area contributed by atoms with Gasteiger partial charge < -0.3 is 0 Å². The zero-order valence-electron chi connectivity index (χ0n) is 15.3. The SMILES string of the molecule is O=[N+]([O-])c1ccc(S(=O)(=O)N2CCN=C2SCc2cccc3ccccc23)cc1. The third-order valence-corrected chi connectivity index (χ3v) is 7.62. The van der Waals surface area contributed by atoms with Crippen LogP contribution in [-0.4, -0.2) is 35.9 Å². The van der Waals surface area contributed by atoms with Crippen LogP contribution < -0.4 is 0 Å². The summed E-state index contributed by atoms with van der Waals surface area (Å²) in [6.07, 6.45) is 0. The van der Waals surface area contributed by atoms with Gasteiger partial charge >= 0.3 is 0 Å². The molecule has 9 heteroatoms. The molecule has 0 amide bonds. The summed E-state index contributed by atoms with van der Waals surface area (Å²) < 4.78 is 27.3. The lowest BCUT2D eigenvalue weighted by atomic mass is 10.1. The van der Waals surface area contributed by atoms with Crippen LogP contribution in [0.25, 0.3) is 10.8 Å². The minimum atomic E-state index is -3.82. The molecule has 0 saturated carbocycles. The molecule has 0 radical (unpaired) electrons. The molecule has 0 saturated heterocycles. The molecule has 0 fully saturated rings. The van der Waals surface area contributed by atoms with Crippen molar-refractivity contribution in [1.29, 1.82) is 0 Å². The number of non-ortho nitro benzene ring substituents is 1. The van der Waals surface area contributed by atoms with Gasteiger partial charge in [-0.1, -0.05) is 54.2 Å². The normalized spacial score (nSPS) is 14.2. The van der Waals surface area contributed by atoms with Crippen LogP contribution in [0.5, 0.6) is 0 Å². The van der Waals surface area contributed by atoms with Crippen LogP contribution >= 0.6 is 11.8 Å². The Morgan fingerprint density at radius 3 is 2.52 bits per heavy atom. The van der Waals surface area contributed by atoms with Crippen molar-refractivity contribution in [3.8, 4) is 0 Å². The van der Waals surface area contributed by atoms with Gasteiger partial charge in [0.25, 0.3) is 15.7 Å². The van der Waals surface area contributed by atoms with Crippen molar-refractivity contribution in [3.63, 3.8) is 0 Å². The maximum atomic E-state index is 13.0. The van der Waals surface area contributed by atoms with Gasteiger partial charge in [0.05, 0.1) is 22.9 Å². The summed E-state index contributed by atoms with van der Waals surface area (Å²) in [6.45, 7) is 0.654. The Morgan fingerprint density at radius 2 is 1.76 bits per heavy atom. The highest BCUT2D eigenvalue weighted by Gasteiger charge is 2.31. The largest absolute Gasteiger partial charge is 0.269 e. The summed E-state index contributed by atoms with van der Waals surface area (Å²) in [5.41, 5.74) is 0.958. The lowest BCUT2D eigenvalue weighted by Gasteiger charge is -2.20. The maximum Gasteiger partial charge on any atom is 0.269 e. The topological polar surface area (TPSA) is 92.9 Å². The van der Waals surface area contributed by atoms with Gasteiger partial charge in [0, 0.05) is 17.9 Å². The van der Waals surface area contributed by atoms with Crippen LogP contribution in [0, 0.1) is 10.1 Å². The average molecular weight is 428 g/mol. The summed E-state index contributed by atoms with van der Waals surface area (Å²) in [5.74, 6) is 0.590. The van der Waals surface area contributed by atoms with Crippen molar-refractivity contribution >= 4 is 43.4 Å². The third kappa shape index (κ3) is 3.83. The number of nitro benzene ring substituents is 1. The maximum absolute atomic E-state index is 13.0. The van der Waals surface area contributed by atoms with Gasteiger partial charge in [0.2, 0.25) is 0 Å². The van der Waals surface area contributed by atoms with E-state index >= 15 is 0 Å². The standard InChI is InChI=1S/C20H17N3O4S2/c24-23(25)17-8-10-18(11-9-17)29(26,27)22-13-12-21-20(22)28-14-16-6-3-5-15-4-1-2-7-19(15)16/h1-11H,12-14H2. The predicted molar refractivity (Wildman–Crippen MR) is 115 cm³/mol. The molecule has 1 aliphatic rings. The Bertz CT molecular complexity index is 1200. The first kappa shape index (κ1) is 19.4. The molecular formula is C20H17N3O4S2. The molecule has 0 aromatic heterocycles. The van der Waals surface area contributed by atoms with E-state index in [4.69, 9.17) is 0 Å². The van der Waals surface area contributed by atoms with Crippen molar-refractivity contribution in [1.82, 2.24) is 4.31 Å². The zero-order chi connectivity index (χ0) is 20.4. The third-order valence-electron chi connectivity index (χ3n) is 4.64. The molecule has 0 spiro atoms. The van der Waals surface area contributed by atoms with E-state index in [1.54, 1.807) is 0 Å². The monoisotopic (exact) mass is 427 g/mol.